The maximum absolute atomic E-state index is 12.4. The molecule has 0 atom stereocenters. The minimum Gasteiger partial charge on any atom is -0.399 e. The molecule has 100 valence electrons. The van der Waals surface area contributed by atoms with Gasteiger partial charge in [0.2, 0.25) is 0 Å². The minimum absolute atomic E-state index is 0.112. The molecule has 1 aromatic carbocycles. The summed E-state index contributed by atoms with van der Waals surface area (Å²) in [5.74, 6) is -0.112. The van der Waals surface area contributed by atoms with Crippen LogP contribution in [0.4, 0.5) is 5.69 Å². The third-order valence-electron chi connectivity index (χ3n) is 2.83. The zero-order chi connectivity index (χ0) is 14.0. The normalized spacial score (nSPS) is 11.5. The second-order valence-electron chi connectivity index (χ2n) is 4.55. The third kappa shape index (κ3) is 3.12. The van der Waals surface area contributed by atoms with Crippen molar-refractivity contribution in [3.8, 4) is 0 Å². The van der Waals surface area contributed by atoms with Crippen molar-refractivity contribution in [2.24, 2.45) is 0 Å². The molecule has 2 aromatic rings. The number of aryl methyl sites for hydroxylation is 2. The van der Waals surface area contributed by atoms with Gasteiger partial charge in [0.15, 0.2) is 9.84 Å². The summed E-state index contributed by atoms with van der Waals surface area (Å²) in [6.45, 7) is 3.60. The summed E-state index contributed by atoms with van der Waals surface area (Å²) in [5, 5.41) is 0. The molecule has 0 unspecified atom stereocenters. The Bertz CT molecular complexity index is 709. The Morgan fingerprint density at radius 3 is 2.58 bits per heavy atom. The maximum Gasteiger partial charge on any atom is 0.184 e. The van der Waals surface area contributed by atoms with Crippen molar-refractivity contribution in [3.63, 3.8) is 0 Å². The first-order valence-corrected chi connectivity index (χ1v) is 7.55. The second-order valence-corrected chi connectivity index (χ2v) is 6.51. The zero-order valence-electron chi connectivity index (χ0n) is 10.9. The molecule has 2 rings (SSSR count). The highest BCUT2D eigenvalue weighted by atomic mass is 32.2. The van der Waals surface area contributed by atoms with E-state index in [0.717, 1.165) is 5.69 Å². The highest BCUT2D eigenvalue weighted by Gasteiger charge is 2.18. The number of sulfone groups is 1. The Balaban J connectivity index is 2.40. The SMILES string of the molecule is Cc1cccc(CS(=O)(=O)c2cc(N)ccc2C)n1. The molecule has 2 N–H and O–H groups in total. The predicted molar refractivity (Wildman–Crippen MR) is 75.5 cm³/mol. The number of hydrogen-bond donors (Lipinski definition) is 1. The Labute approximate surface area is 113 Å². The fraction of sp³-hybridized carbons (Fsp3) is 0.214. The van der Waals surface area contributed by atoms with Gasteiger partial charge in [0.25, 0.3) is 0 Å². The van der Waals surface area contributed by atoms with Crippen molar-refractivity contribution >= 4 is 15.5 Å². The lowest BCUT2D eigenvalue weighted by Gasteiger charge is -2.08. The zero-order valence-corrected chi connectivity index (χ0v) is 11.7. The summed E-state index contributed by atoms with van der Waals surface area (Å²) in [4.78, 5) is 4.50. The second kappa shape index (κ2) is 5.01. The summed E-state index contributed by atoms with van der Waals surface area (Å²) in [5.41, 5.74) is 8.15. The molecule has 0 fully saturated rings. The van der Waals surface area contributed by atoms with Crippen LogP contribution in [0.5, 0.6) is 0 Å². The predicted octanol–water partition coefficient (Wildman–Crippen LogP) is 2.25. The molecule has 0 amide bonds. The van der Waals surface area contributed by atoms with Gasteiger partial charge in [-0.3, -0.25) is 4.98 Å². The van der Waals surface area contributed by atoms with Gasteiger partial charge < -0.3 is 5.73 Å². The molecule has 0 saturated heterocycles. The van der Waals surface area contributed by atoms with Crippen LogP contribution >= 0.6 is 0 Å². The van der Waals surface area contributed by atoms with Gasteiger partial charge in [-0.05, 0) is 43.7 Å². The number of benzene rings is 1. The topological polar surface area (TPSA) is 73.0 Å². The average molecular weight is 276 g/mol. The van der Waals surface area contributed by atoms with E-state index in [4.69, 9.17) is 5.73 Å². The van der Waals surface area contributed by atoms with Gasteiger partial charge in [0.1, 0.15) is 0 Å². The van der Waals surface area contributed by atoms with Crippen molar-refractivity contribution in [1.82, 2.24) is 4.98 Å². The largest absolute Gasteiger partial charge is 0.399 e. The van der Waals surface area contributed by atoms with Crippen molar-refractivity contribution in [2.75, 3.05) is 5.73 Å². The number of nitrogens with two attached hydrogens (primary N) is 1. The summed E-state index contributed by atoms with van der Waals surface area (Å²) in [7, 11) is -3.43. The van der Waals surface area contributed by atoms with Gasteiger partial charge in [-0.2, -0.15) is 0 Å². The molecule has 1 heterocycles. The number of rotatable bonds is 3. The fourth-order valence-electron chi connectivity index (χ4n) is 1.90. The van der Waals surface area contributed by atoms with E-state index < -0.39 is 9.84 Å². The van der Waals surface area contributed by atoms with E-state index >= 15 is 0 Å². The number of pyridine rings is 1. The van der Waals surface area contributed by atoms with E-state index in [1.165, 1.54) is 6.07 Å². The van der Waals surface area contributed by atoms with Crippen molar-refractivity contribution < 1.29 is 8.42 Å². The van der Waals surface area contributed by atoms with Gasteiger partial charge in [0.05, 0.1) is 16.3 Å². The standard InChI is InChI=1S/C14H16N2O2S/c1-10-6-7-12(15)8-14(10)19(17,18)9-13-5-3-4-11(2)16-13/h3-8H,9,15H2,1-2H3. The van der Waals surface area contributed by atoms with Crippen molar-refractivity contribution in [3.05, 3.63) is 53.3 Å². The number of nitrogens with zero attached hydrogens (tertiary/aromatic N) is 1. The average Bonchev–Trinajstić information content (AvgIpc) is 2.31. The smallest absolute Gasteiger partial charge is 0.184 e. The summed E-state index contributed by atoms with van der Waals surface area (Å²) in [6.07, 6.45) is 0. The van der Waals surface area contributed by atoms with E-state index in [2.05, 4.69) is 4.98 Å². The van der Waals surface area contributed by atoms with Gasteiger partial charge in [-0.25, -0.2) is 8.42 Å². The molecule has 0 saturated carbocycles. The molecule has 1 aromatic heterocycles. The van der Waals surface area contributed by atoms with Crippen molar-refractivity contribution in [1.29, 1.82) is 0 Å². The summed E-state index contributed by atoms with van der Waals surface area (Å²) < 4.78 is 24.8. The van der Waals surface area contributed by atoms with Crippen LogP contribution in [0, 0.1) is 13.8 Å². The number of aromatic nitrogens is 1. The van der Waals surface area contributed by atoms with E-state index in [1.807, 2.05) is 13.0 Å². The first-order chi connectivity index (χ1) is 8.88. The fourth-order valence-corrected chi connectivity index (χ4v) is 3.48. The number of hydrogen-bond acceptors (Lipinski definition) is 4. The van der Waals surface area contributed by atoms with Crippen LogP contribution in [0.15, 0.2) is 41.3 Å². The highest BCUT2D eigenvalue weighted by Crippen LogP contribution is 2.22. The molecule has 4 nitrogen and oxygen atoms in total. The lowest BCUT2D eigenvalue weighted by Crippen LogP contribution is -2.09. The lowest BCUT2D eigenvalue weighted by molar-refractivity contribution is 0.594. The third-order valence-corrected chi connectivity index (χ3v) is 4.62. The van der Waals surface area contributed by atoms with E-state index in [1.54, 1.807) is 31.2 Å². The van der Waals surface area contributed by atoms with E-state index in [0.29, 0.717) is 16.9 Å². The van der Waals surface area contributed by atoms with Crippen LogP contribution in [0.3, 0.4) is 0 Å². The molecule has 5 heteroatoms. The first-order valence-electron chi connectivity index (χ1n) is 5.90. The Hall–Kier alpha value is -1.88. The minimum atomic E-state index is -3.43. The highest BCUT2D eigenvalue weighted by molar-refractivity contribution is 7.90. The van der Waals surface area contributed by atoms with Crippen LogP contribution in [0.1, 0.15) is 17.0 Å². The van der Waals surface area contributed by atoms with Crippen LogP contribution in [-0.2, 0) is 15.6 Å². The molecule has 0 aliphatic heterocycles. The molecule has 0 radical (unpaired) electrons. The van der Waals surface area contributed by atoms with E-state index in [9.17, 15) is 8.42 Å². The molecule has 0 aliphatic rings. The monoisotopic (exact) mass is 276 g/mol. The Kier molecular flexibility index (Phi) is 3.57. The van der Waals surface area contributed by atoms with Crippen LogP contribution < -0.4 is 5.73 Å². The quantitative estimate of drug-likeness (QED) is 0.873. The molecule has 19 heavy (non-hydrogen) atoms. The Morgan fingerprint density at radius 2 is 1.89 bits per heavy atom. The first kappa shape index (κ1) is 13.5. The van der Waals surface area contributed by atoms with Crippen LogP contribution in [0.2, 0.25) is 0 Å². The Morgan fingerprint density at radius 1 is 1.16 bits per heavy atom. The molecular weight excluding hydrogens is 260 g/mol. The number of nitrogen functional groups attached to an aromatic ring is 1. The van der Waals surface area contributed by atoms with E-state index in [-0.39, 0.29) is 10.6 Å². The van der Waals surface area contributed by atoms with Crippen molar-refractivity contribution in [2.45, 2.75) is 24.5 Å². The van der Waals surface area contributed by atoms with Gasteiger partial charge in [-0.1, -0.05) is 12.1 Å². The van der Waals surface area contributed by atoms with Gasteiger partial charge >= 0.3 is 0 Å². The summed E-state index contributed by atoms with van der Waals surface area (Å²) in [6, 6.07) is 10.3. The van der Waals surface area contributed by atoms with Gasteiger partial charge in [0, 0.05) is 11.4 Å². The summed E-state index contributed by atoms with van der Waals surface area (Å²) >= 11 is 0. The maximum atomic E-state index is 12.4. The van der Waals surface area contributed by atoms with Crippen LogP contribution in [0.25, 0.3) is 0 Å². The lowest BCUT2D eigenvalue weighted by atomic mass is 10.2. The molecular formula is C14H16N2O2S. The van der Waals surface area contributed by atoms with Gasteiger partial charge in [-0.15, -0.1) is 0 Å². The number of anilines is 1. The van der Waals surface area contributed by atoms with Crippen LogP contribution in [-0.4, -0.2) is 13.4 Å². The molecule has 0 spiro atoms. The molecule has 0 bridgehead atoms. The molecule has 0 aliphatic carbocycles.